The quantitative estimate of drug-likeness (QED) is 0.586. The minimum atomic E-state index is -0.361. The fraction of sp³-hybridized carbons (Fsp3) is 0.250. The highest BCUT2D eigenvalue weighted by atomic mass is 79.9. The van der Waals surface area contributed by atoms with E-state index in [9.17, 15) is 10.1 Å². The third-order valence-corrected chi connectivity index (χ3v) is 3.51. The van der Waals surface area contributed by atoms with Crippen LogP contribution in [0.3, 0.4) is 0 Å². The molecule has 0 aromatic heterocycles. The topological polar surface area (TPSA) is 43.1 Å². The molecular weight excluding hydrogens is 302 g/mol. The first-order chi connectivity index (χ1) is 5.95. The van der Waals surface area contributed by atoms with E-state index in [1.807, 2.05) is 6.07 Å². The predicted molar refractivity (Wildman–Crippen MR) is 58.0 cm³/mol. The highest BCUT2D eigenvalue weighted by Gasteiger charge is 2.19. The molecule has 0 aliphatic rings. The summed E-state index contributed by atoms with van der Waals surface area (Å²) in [4.78, 5) is 10.4. The van der Waals surface area contributed by atoms with Crippen molar-refractivity contribution in [2.24, 2.45) is 0 Å². The first kappa shape index (κ1) is 10.7. The van der Waals surface area contributed by atoms with E-state index in [2.05, 4.69) is 31.9 Å². The van der Waals surface area contributed by atoms with Crippen LogP contribution in [0.15, 0.2) is 15.0 Å². The molecule has 0 aliphatic carbocycles. The molecule has 0 saturated heterocycles. The van der Waals surface area contributed by atoms with Crippen molar-refractivity contribution in [1.82, 2.24) is 0 Å². The first-order valence-corrected chi connectivity index (χ1v) is 5.13. The van der Waals surface area contributed by atoms with Gasteiger partial charge in [-0.25, -0.2) is 0 Å². The van der Waals surface area contributed by atoms with Crippen molar-refractivity contribution in [2.75, 3.05) is 0 Å². The van der Waals surface area contributed by atoms with Crippen LogP contribution in [0.5, 0.6) is 0 Å². The van der Waals surface area contributed by atoms with Gasteiger partial charge >= 0.3 is 0 Å². The maximum Gasteiger partial charge on any atom is 0.277 e. The number of nitro benzene ring substituents is 1. The third kappa shape index (κ3) is 1.91. The van der Waals surface area contributed by atoms with Crippen LogP contribution in [0.4, 0.5) is 5.69 Å². The summed E-state index contributed by atoms with van der Waals surface area (Å²) in [6.45, 7) is 3.45. The Hall–Kier alpha value is -0.420. The second kappa shape index (κ2) is 3.75. The van der Waals surface area contributed by atoms with Gasteiger partial charge in [-0.15, -0.1) is 0 Å². The number of rotatable bonds is 1. The Bertz CT molecular complexity index is 351. The van der Waals surface area contributed by atoms with Crippen LogP contribution in [-0.4, -0.2) is 4.92 Å². The summed E-state index contributed by atoms with van der Waals surface area (Å²) >= 11 is 6.53. The average Bonchev–Trinajstić information content (AvgIpc) is 2.01. The molecule has 5 heteroatoms. The lowest BCUT2D eigenvalue weighted by Gasteiger charge is -2.05. The molecule has 3 nitrogen and oxygen atoms in total. The fourth-order valence-electron chi connectivity index (χ4n) is 1.11. The van der Waals surface area contributed by atoms with E-state index >= 15 is 0 Å². The van der Waals surface area contributed by atoms with E-state index in [1.165, 1.54) is 0 Å². The molecule has 0 spiro atoms. The molecule has 1 rings (SSSR count). The van der Waals surface area contributed by atoms with Gasteiger partial charge in [0.15, 0.2) is 0 Å². The molecule has 70 valence electrons. The van der Waals surface area contributed by atoms with Crippen molar-refractivity contribution in [2.45, 2.75) is 13.8 Å². The minimum absolute atomic E-state index is 0.168. The monoisotopic (exact) mass is 307 g/mol. The van der Waals surface area contributed by atoms with Crippen molar-refractivity contribution < 1.29 is 4.92 Å². The highest BCUT2D eigenvalue weighted by Crippen LogP contribution is 2.34. The molecule has 1 aromatic carbocycles. The van der Waals surface area contributed by atoms with Crippen molar-refractivity contribution in [3.05, 3.63) is 36.3 Å². The molecule has 0 bridgehead atoms. The molecular formula is C8H7Br2NO2. The van der Waals surface area contributed by atoms with E-state index < -0.39 is 0 Å². The first-order valence-electron chi connectivity index (χ1n) is 3.54. The number of benzene rings is 1. The number of nitro groups is 1. The van der Waals surface area contributed by atoms with Gasteiger partial charge in [0.2, 0.25) is 0 Å². The Morgan fingerprint density at radius 1 is 1.23 bits per heavy atom. The SMILES string of the molecule is Cc1c(Br)cc(Br)c(C)c1[N+](=O)[O-]. The van der Waals surface area contributed by atoms with Crippen LogP contribution in [0, 0.1) is 24.0 Å². The van der Waals surface area contributed by atoms with Crippen molar-refractivity contribution >= 4 is 37.5 Å². The maximum atomic E-state index is 10.7. The zero-order valence-corrected chi connectivity index (χ0v) is 10.3. The molecule has 0 fully saturated rings. The van der Waals surface area contributed by atoms with Crippen LogP contribution in [0.1, 0.15) is 11.1 Å². The van der Waals surface area contributed by atoms with Crippen LogP contribution in [0.25, 0.3) is 0 Å². The summed E-state index contributed by atoms with van der Waals surface area (Å²) in [6.07, 6.45) is 0. The van der Waals surface area contributed by atoms with Crippen LogP contribution >= 0.6 is 31.9 Å². The lowest BCUT2D eigenvalue weighted by molar-refractivity contribution is -0.386. The van der Waals surface area contributed by atoms with E-state index in [-0.39, 0.29) is 10.6 Å². The van der Waals surface area contributed by atoms with E-state index in [4.69, 9.17) is 0 Å². The summed E-state index contributed by atoms with van der Waals surface area (Å²) in [5.74, 6) is 0. The zero-order chi connectivity index (χ0) is 10.2. The smallest absolute Gasteiger partial charge is 0.258 e. The Morgan fingerprint density at radius 2 is 1.62 bits per heavy atom. The summed E-state index contributed by atoms with van der Waals surface area (Å²) < 4.78 is 1.49. The Morgan fingerprint density at radius 3 is 1.92 bits per heavy atom. The van der Waals surface area contributed by atoms with Crippen LogP contribution < -0.4 is 0 Å². The van der Waals surface area contributed by atoms with Gasteiger partial charge in [-0.3, -0.25) is 10.1 Å². The lowest BCUT2D eigenvalue weighted by atomic mass is 10.1. The molecule has 0 unspecified atom stereocenters. The molecule has 0 saturated carbocycles. The van der Waals surface area contributed by atoms with Gasteiger partial charge in [0.25, 0.3) is 5.69 Å². The number of halogens is 2. The molecule has 0 amide bonds. The second-order valence-corrected chi connectivity index (χ2v) is 4.40. The molecule has 0 radical (unpaired) electrons. The normalized spacial score (nSPS) is 10.2. The van der Waals surface area contributed by atoms with Gasteiger partial charge in [-0.05, 0) is 19.9 Å². The molecule has 1 aromatic rings. The van der Waals surface area contributed by atoms with Gasteiger partial charge in [-0.1, -0.05) is 31.9 Å². The van der Waals surface area contributed by atoms with Crippen molar-refractivity contribution in [1.29, 1.82) is 0 Å². The predicted octanol–water partition coefficient (Wildman–Crippen LogP) is 3.74. The standard InChI is InChI=1S/C8H7Br2NO2/c1-4-6(9)3-7(10)5(2)8(4)11(12)13/h3H,1-2H3. The largest absolute Gasteiger partial charge is 0.277 e. The van der Waals surface area contributed by atoms with Crippen LogP contribution in [0.2, 0.25) is 0 Å². The van der Waals surface area contributed by atoms with E-state index in [1.54, 1.807) is 13.8 Å². The second-order valence-electron chi connectivity index (χ2n) is 2.70. The number of nitrogens with zero attached hydrogens (tertiary/aromatic N) is 1. The maximum absolute atomic E-state index is 10.7. The van der Waals surface area contributed by atoms with E-state index in [0.29, 0.717) is 11.1 Å². The number of hydrogen-bond donors (Lipinski definition) is 0. The van der Waals surface area contributed by atoms with E-state index in [0.717, 1.165) is 8.95 Å². The third-order valence-electron chi connectivity index (χ3n) is 1.86. The van der Waals surface area contributed by atoms with Gasteiger partial charge in [0, 0.05) is 20.1 Å². The lowest BCUT2D eigenvalue weighted by Crippen LogP contribution is -1.96. The number of hydrogen-bond acceptors (Lipinski definition) is 2. The zero-order valence-electron chi connectivity index (χ0n) is 7.10. The van der Waals surface area contributed by atoms with Gasteiger partial charge in [0.05, 0.1) is 4.92 Å². The van der Waals surface area contributed by atoms with Gasteiger partial charge in [0.1, 0.15) is 0 Å². The highest BCUT2D eigenvalue weighted by molar-refractivity contribution is 9.11. The summed E-state index contributed by atoms with van der Waals surface area (Å²) in [6, 6.07) is 1.82. The summed E-state index contributed by atoms with van der Waals surface area (Å²) in [7, 11) is 0. The fourth-order valence-corrected chi connectivity index (χ4v) is 2.25. The molecule has 0 atom stereocenters. The molecule has 0 N–H and O–H groups in total. The van der Waals surface area contributed by atoms with Gasteiger partial charge < -0.3 is 0 Å². The summed E-state index contributed by atoms with van der Waals surface area (Å²) in [5.41, 5.74) is 1.48. The minimum Gasteiger partial charge on any atom is -0.258 e. The van der Waals surface area contributed by atoms with Gasteiger partial charge in [-0.2, -0.15) is 0 Å². The Labute approximate surface area is 92.5 Å². The van der Waals surface area contributed by atoms with Crippen LogP contribution in [-0.2, 0) is 0 Å². The van der Waals surface area contributed by atoms with Crippen molar-refractivity contribution in [3.63, 3.8) is 0 Å². The summed E-state index contributed by atoms with van der Waals surface area (Å²) in [5, 5.41) is 10.7. The van der Waals surface area contributed by atoms with Crippen molar-refractivity contribution in [3.8, 4) is 0 Å². The molecule has 13 heavy (non-hydrogen) atoms. The molecule has 0 heterocycles. The average molecular weight is 309 g/mol. The Kier molecular flexibility index (Phi) is 3.08. The molecule has 0 aliphatic heterocycles. The Balaban J connectivity index is 3.56.